The van der Waals surface area contributed by atoms with Crippen LogP contribution in [0.15, 0.2) is 39.9 Å². The number of para-hydroxylation sites is 1. The van der Waals surface area contributed by atoms with Gasteiger partial charge in [0.2, 0.25) is 5.78 Å². The molecular weight excluding hydrogens is 346 g/mol. The molecule has 0 fully saturated rings. The van der Waals surface area contributed by atoms with Crippen LogP contribution >= 0.6 is 0 Å². The Kier molecular flexibility index (Phi) is 3.21. The molecule has 7 nitrogen and oxygen atoms in total. The average molecular weight is 363 g/mol. The van der Waals surface area contributed by atoms with E-state index in [0.29, 0.717) is 46.2 Å². The third-order valence-corrected chi connectivity index (χ3v) is 5.22. The number of fused-ring (bicyclic) bond motifs is 5. The van der Waals surface area contributed by atoms with Crippen molar-refractivity contribution >= 4 is 33.0 Å². The number of nitrogens with zero attached hydrogens (tertiary/aromatic N) is 3. The number of likely N-dealkylation sites (N-methyl/N-ethyl adjacent to an activating group) is 1. The van der Waals surface area contributed by atoms with Crippen molar-refractivity contribution in [2.45, 2.75) is 6.54 Å². The number of benzene rings is 2. The minimum atomic E-state index is -0.371. The average Bonchev–Trinajstić information content (AvgIpc) is 3.18. The molecule has 3 heterocycles. The van der Waals surface area contributed by atoms with Gasteiger partial charge in [0.05, 0.1) is 27.4 Å². The van der Waals surface area contributed by atoms with Gasteiger partial charge in [-0.3, -0.25) is 18.6 Å². The molecule has 2 aromatic heterocycles. The quantitative estimate of drug-likeness (QED) is 0.549. The maximum absolute atomic E-state index is 13.2. The lowest BCUT2D eigenvalue weighted by molar-refractivity contribution is 0.0961. The third-order valence-electron chi connectivity index (χ3n) is 5.22. The summed E-state index contributed by atoms with van der Waals surface area (Å²) in [7, 11) is 3.79. The second kappa shape index (κ2) is 5.40. The van der Waals surface area contributed by atoms with E-state index in [2.05, 4.69) is 0 Å². The number of hydrogen-bond donors (Lipinski definition) is 0. The van der Waals surface area contributed by atoms with Crippen LogP contribution in [0.1, 0.15) is 10.4 Å². The molecule has 4 aromatic rings. The Morgan fingerprint density at radius 2 is 1.85 bits per heavy atom. The molecule has 0 saturated carbocycles. The predicted molar refractivity (Wildman–Crippen MR) is 103 cm³/mol. The van der Waals surface area contributed by atoms with Crippen molar-refractivity contribution < 1.29 is 9.53 Å². The third kappa shape index (κ3) is 2.03. The first-order valence-electron chi connectivity index (χ1n) is 8.76. The molecule has 27 heavy (non-hydrogen) atoms. The summed E-state index contributed by atoms with van der Waals surface area (Å²) in [6.45, 7) is 0.887. The van der Waals surface area contributed by atoms with E-state index in [1.54, 1.807) is 28.7 Å². The number of aromatic nitrogens is 2. The molecule has 0 spiro atoms. The van der Waals surface area contributed by atoms with Crippen LogP contribution in [0.3, 0.4) is 0 Å². The van der Waals surface area contributed by atoms with Crippen molar-refractivity contribution in [2.24, 2.45) is 0 Å². The zero-order valence-electron chi connectivity index (χ0n) is 15.0. The highest BCUT2D eigenvalue weighted by molar-refractivity contribution is 6.19. The topological polar surface area (TPSA) is 73.0 Å². The summed E-state index contributed by atoms with van der Waals surface area (Å²) < 4.78 is 8.49. The van der Waals surface area contributed by atoms with E-state index in [-0.39, 0.29) is 23.6 Å². The number of ether oxygens (including phenoxy) is 1. The summed E-state index contributed by atoms with van der Waals surface area (Å²) in [5.41, 5.74) is 1.09. The highest BCUT2D eigenvalue weighted by Gasteiger charge is 2.28. The van der Waals surface area contributed by atoms with Crippen LogP contribution in [0, 0.1) is 0 Å². The zero-order valence-corrected chi connectivity index (χ0v) is 15.0. The van der Waals surface area contributed by atoms with Gasteiger partial charge in [0.15, 0.2) is 6.61 Å². The van der Waals surface area contributed by atoms with Crippen molar-refractivity contribution in [1.82, 2.24) is 13.9 Å². The van der Waals surface area contributed by atoms with Gasteiger partial charge in [-0.25, -0.2) is 4.79 Å². The van der Waals surface area contributed by atoms with E-state index in [1.165, 1.54) is 4.57 Å². The Morgan fingerprint density at radius 1 is 1.07 bits per heavy atom. The SMILES string of the molecule is CN(C)CCn1c(=O)c2cccc3c4c5c(ccc4n(c1=O)c23)C(=O)CO5. The minimum absolute atomic E-state index is 0.00263. The van der Waals surface area contributed by atoms with Gasteiger partial charge >= 0.3 is 5.69 Å². The van der Waals surface area contributed by atoms with Crippen molar-refractivity contribution in [1.29, 1.82) is 0 Å². The second-order valence-electron chi connectivity index (χ2n) is 7.13. The number of carbonyl (C=O) groups excluding carboxylic acids is 1. The lowest BCUT2D eigenvalue weighted by Gasteiger charge is -2.12. The van der Waals surface area contributed by atoms with E-state index >= 15 is 0 Å². The molecule has 0 N–H and O–H groups in total. The fourth-order valence-electron chi connectivity index (χ4n) is 3.93. The molecule has 0 radical (unpaired) electrons. The summed E-state index contributed by atoms with van der Waals surface area (Å²) >= 11 is 0. The van der Waals surface area contributed by atoms with Crippen LogP contribution < -0.4 is 16.0 Å². The highest BCUT2D eigenvalue weighted by Crippen LogP contribution is 2.40. The smallest absolute Gasteiger partial charge is 0.336 e. The van der Waals surface area contributed by atoms with Gasteiger partial charge < -0.3 is 9.64 Å². The summed E-state index contributed by atoms with van der Waals surface area (Å²) in [6, 6.07) is 8.86. The molecule has 1 aliphatic rings. The Labute approximate surface area is 153 Å². The molecule has 1 aliphatic heterocycles. The highest BCUT2D eigenvalue weighted by atomic mass is 16.5. The number of carbonyl (C=O) groups is 1. The summed E-state index contributed by atoms with van der Waals surface area (Å²) in [6.07, 6.45) is 0. The lowest BCUT2D eigenvalue weighted by atomic mass is 10.1. The lowest BCUT2D eigenvalue weighted by Crippen LogP contribution is -2.39. The van der Waals surface area contributed by atoms with Gasteiger partial charge in [-0.1, -0.05) is 12.1 Å². The van der Waals surface area contributed by atoms with Crippen molar-refractivity contribution in [3.05, 3.63) is 56.7 Å². The Morgan fingerprint density at radius 3 is 2.63 bits per heavy atom. The van der Waals surface area contributed by atoms with Gasteiger partial charge in [0, 0.05) is 18.5 Å². The van der Waals surface area contributed by atoms with Crippen LogP contribution in [-0.2, 0) is 6.54 Å². The van der Waals surface area contributed by atoms with Crippen LogP contribution in [0.2, 0.25) is 0 Å². The van der Waals surface area contributed by atoms with E-state index in [9.17, 15) is 14.4 Å². The predicted octanol–water partition coefficient (Wildman–Crippen LogP) is 1.34. The summed E-state index contributed by atoms with van der Waals surface area (Å²) in [5.74, 6) is 0.425. The molecule has 7 heteroatoms. The maximum atomic E-state index is 13.2. The maximum Gasteiger partial charge on any atom is 0.336 e. The van der Waals surface area contributed by atoms with Gasteiger partial charge in [0.25, 0.3) is 5.56 Å². The molecule has 5 rings (SSSR count). The monoisotopic (exact) mass is 363 g/mol. The van der Waals surface area contributed by atoms with Crippen LogP contribution in [0.25, 0.3) is 27.2 Å². The minimum Gasteiger partial charge on any atom is -0.484 e. The number of hydrogen-bond acceptors (Lipinski definition) is 5. The Balaban J connectivity index is 1.98. The van der Waals surface area contributed by atoms with Gasteiger partial charge in [-0.2, -0.15) is 0 Å². The summed E-state index contributed by atoms with van der Waals surface area (Å²) in [5, 5.41) is 1.95. The number of ketones is 1. The molecule has 0 saturated heterocycles. The fraction of sp³-hybridized carbons (Fsp3) is 0.250. The largest absolute Gasteiger partial charge is 0.484 e. The standard InChI is InChI=1S/C20H17N3O4/c1-21(2)8-9-22-19(25)13-5-3-4-12-16-14(23(17(12)13)20(22)26)7-6-11-15(24)10-27-18(11)16/h3-7H,8-10H2,1-2H3. The fourth-order valence-corrected chi connectivity index (χ4v) is 3.93. The second-order valence-corrected chi connectivity index (χ2v) is 7.13. The zero-order chi connectivity index (χ0) is 18.9. The number of rotatable bonds is 3. The van der Waals surface area contributed by atoms with E-state index in [4.69, 9.17) is 4.74 Å². The van der Waals surface area contributed by atoms with Crippen LogP contribution in [0.5, 0.6) is 5.75 Å². The van der Waals surface area contributed by atoms with Crippen LogP contribution in [-0.4, -0.2) is 46.9 Å². The van der Waals surface area contributed by atoms with Crippen molar-refractivity contribution in [3.63, 3.8) is 0 Å². The first kappa shape index (κ1) is 16.0. The Hall–Kier alpha value is -3.19. The first-order valence-corrected chi connectivity index (χ1v) is 8.76. The van der Waals surface area contributed by atoms with Crippen molar-refractivity contribution in [2.75, 3.05) is 27.2 Å². The number of Topliss-reactive ketones (excluding diaryl/α,β-unsaturated/α-hetero) is 1. The molecule has 136 valence electrons. The van der Waals surface area contributed by atoms with Crippen molar-refractivity contribution in [3.8, 4) is 5.75 Å². The van der Waals surface area contributed by atoms with Crippen LogP contribution in [0.4, 0.5) is 0 Å². The molecule has 0 bridgehead atoms. The Bertz CT molecular complexity index is 1360. The van der Waals surface area contributed by atoms with E-state index in [0.717, 1.165) is 5.39 Å². The van der Waals surface area contributed by atoms with Gasteiger partial charge in [-0.05, 0) is 32.3 Å². The first-order chi connectivity index (χ1) is 13.0. The molecule has 0 atom stereocenters. The molecular formula is C20H17N3O4. The summed E-state index contributed by atoms with van der Waals surface area (Å²) in [4.78, 5) is 40.2. The van der Waals surface area contributed by atoms with Gasteiger partial charge in [-0.15, -0.1) is 0 Å². The molecule has 0 aliphatic carbocycles. The van der Waals surface area contributed by atoms with E-state index < -0.39 is 0 Å². The molecule has 0 amide bonds. The molecule has 0 unspecified atom stereocenters. The molecule has 2 aromatic carbocycles. The van der Waals surface area contributed by atoms with E-state index in [1.807, 2.05) is 25.1 Å². The van der Waals surface area contributed by atoms with Gasteiger partial charge in [0.1, 0.15) is 5.75 Å². The normalized spacial score (nSPS) is 14.0.